The van der Waals surface area contributed by atoms with Gasteiger partial charge in [0.2, 0.25) is 25.0 Å². The molecule has 0 aromatic heterocycles. The summed E-state index contributed by atoms with van der Waals surface area (Å²) in [6, 6.07) is 0.612. The zero-order valence-corrected chi connectivity index (χ0v) is 44.1. The third-order valence-electron chi connectivity index (χ3n) is 6.51. The smallest absolute Gasteiger partial charge is 0.426 e. The van der Waals surface area contributed by atoms with Crippen LogP contribution in [-0.4, -0.2) is 127 Å². The molecule has 43 heavy (non-hydrogen) atoms. The van der Waals surface area contributed by atoms with Crippen LogP contribution < -0.4 is 0 Å². The van der Waals surface area contributed by atoms with Crippen molar-refractivity contribution in [2.75, 3.05) is 19.8 Å². The largest absolute Gasteiger partial charge is 0.469 e. The van der Waals surface area contributed by atoms with Crippen LogP contribution in [0.2, 0.25) is 104 Å². The molecule has 0 fully saturated rings. The Morgan fingerprint density at radius 3 is 0.860 bits per heavy atom. The monoisotopic (exact) mass is 781 g/mol. The lowest BCUT2D eigenvalue weighted by molar-refractivity contribution is 0.134. The van der Waals surface area contributed by atoms with E-state index >= 15 is 0 Å². The molecule has 3 atom stereocenters. The van der Waals surface area contributed by atoms with Crippen molar-refractivity contribution < 1.29 is 38.9 Å². The highest BCUT2D eigenvalue weighted by Gasteiger charge is 2.57. The molecule has 19 heteroatoms. The van der Waals surface area contributed by atoms with Crippen LogP contribution in [0.1, 0.15) is 6.42 Å². The van der Waals surface area contributed by atoms with Gasteiger partial charge in [-0.2, -0.15) is 0 Å². The molecule has 0 amide bonds. The summed E-state index contributed by atoms with van der Waals surface area (Å²) in [5.74, 6) is 0. The Morgan fingerprint density at radius 1 is 0.465 bits per heavy atom. The maximum absolute atomic E-state index is 7.46. The van der Waals surface area contributed by atoms with Gasteiger partial charge in [-0.15, -0.1) is 0 Å². The van der Waals surface area contributed by atoms with Crippen LogP contribution in [0.5, 0.6) is 0 Å². The van der Waals surface area contributed by atoms with Crippen molar-refractivity contribution in [3.05, 3.63) is 6.92 Å². The average molecular weight is 783 g/mol. The Kier molecular flexibility index (Phi) is 18.7. The third kappa shape index (κ3) is 17.7. The fraction of sp³-hybridized carbons (Fsp3) is 0.958. The molecular weight excluding hydrogens is 713 g/mol. The van der Waals surface area contributed by atoms with Crippen molar-refractivity contribution in [3.8, 4) is 0 Å². The number of rotatable bonds is 23. The molecule has 0 aromatic rings. The summed E-state index contributed by atoms with van der Waals surface area (Å²) in [7, 11) is -15.0. The summed E-state index contributed by atoms with van der Waals surface area (Å²) in [6.07, 6.45) is 0.635. The fourth-order valence-corrected chi connectivity index (χ4v) is 32.1. The first-order valence-electron chi connectivity index (χ1n) is 15.6. The van der Waals surface area contributed by atoms with Crippen molar-refractivity contribution in [2.24, 2.45) is 0 Å². The second-order valence-corrected chi connectivity index (χ2v) is 46.9. The minimum Gasteiger partial charge on any atom is -0.426 e. The zero-order chi connectivity index (χ0) is 34.1. The highest BCUT2D eigenvalue weighted by atomic mass is 28.5. The quantitative estimate of drug-likeness (QED) is 0.146. The summed E-state index contributed by atoms with van der Waals surface area (Å²) in [5.41, 5.74) is -0.394. The fourth-order valence-electron chi connectivity index (χ4n) is 4.70. The van der Waals surface area contributed by atoms with E-state index in [2.05, 4.69) is 105 Å². The Morgan fingerprint density at radius 2 is 0.698 bits per heavy atom. The molecule has 0 aliphatic rings. The number of hydrogen-bond donors (Lipinski definition) is 0. The molecule has 0 rings (SSSR count). The Balaban J connectivity index is 7.15. The second-order valence-electron chi connectivity index (χ2n) is 15.9. The lowest BCUT2D eigenvalue weighted by Crippen LogP contribution is -2.69. The molecule has 0 bridgehead atoms. The van der Waals surface area contributed by atoms with E-state index in [0.717, 1.165) is 0 Å². The van der Waals surface area contributed by atoms with Crippen LogP contribution in [0.4, 0.5) is 0 Å². The summed E-state index contributed by atoms with van der Waals surface area (Å²) in [6.45, 7) is 39.2. The molecule has 3 unspecified atom stereocenters. The first-order valence-corrected chi connectivity index (χ1v) is 39.1. The maximum atomic E-state index is 7.46. The Hall–Kier alpha value is 1.81. The molecule has 0 N–H and O–H groups in total. The van der Waals surface area contributed by atoms with Crippen molar-refractivity contribution in [3.63, 3.8) is 0 Å². The molecule has 0 aliphatic carbocycles. The third-order valence-corrected chi connectivity index (χ3v) is 27.7. The molecule has 0 aromatic carbocycles. The molecule has 259 valence electrons. The molecule has 0 aliphatic heterocycles. The van der Waals surface area contributed by atoms with Crippen molar-refractivity contribution in [1.29, 1.82) is 0 Å². The highest BCUT2D eigenvalue weighted by molar-refractivity contribution is 6.92. The topological polar surface area (TPSA) is 83.1 Å². The van der Waals surface area contributed by atoms with E-state index in [1.54, 1.807) is 0 Å². The van der Waals surface area contributed by atoms with E-state index < -0.39 is 58.7 Å². The molecule has 9 nitrogen and oxygen atoms in total. The predicted octanol–water partition coefficient (Wildman–Crippen LogP) is 2.98. The molecule has 0 heterocycles. The van der Waals surface area contributed by atoms with Gasteiger partial charge in [-0.25, -0.2) is 0 Å². The van der Waals surface area contributed by atoms with Crippen LogP contribution in [0.3, 0.4) is 0 Å². The summed E-state index contributed by atoms with van der Waals surface area (Å²) in [4.78, 5) is 0. The lowest BCUT2D eigenvalue weighted by atomic mass is 10.6. The zero-order valence-electron chi connectivity index (χ0n) is 31.1. The van der Waals surface area contributed by atoms with Gasteiger partial charge in [-0.3, -0.25) is 0 Å². The van der Waals surface area contributed by atoms with Crippen molar-refractivity contribution in [1.82, 2.24) is 0 Å². The molecule has 0 spiro atoms. The lowest BCUT2D eigenvalue weighted by Gasteiger charge is -2.49. The Bertz CT molecular complexity index is 704. The van der Waals surface area contributed by atoms with Gasteiger partial charge in [0, 0.05) is 6.04 Å². The first-order chi connectivity index (χ1) is 19.2. The van der Waals surface area contributed by atoms with E-state index in [4.69, 9.17) is 38.9 Å². The standard InChI is InChI=1S/C24H69O9Si10/c1-17-18-43(31-40(11,12)22(19-25-34)28-37(2,3)4,32-41(13,14)23(20-26-35)29-38(5,6)7)33-42(15,16)24(21-27-36)30-39(8,9)10/h22-24H,1,17-21H2,2-16,34-36H3. The van der Waals surface area contributed by atoms with E-state index in [1.165, 1.54) is 0 Å². The van der Waals surface area contributed by atoms with Gasteiger partial charge < -0.3 is 38.9 Å². The highest BCUT2D eigenvalue weighted by Crippen LogP contribution is 2.35. The molecule has 0 saturated carbocycles. The summed E-state index contributed by atoms with van der Waals surface area (Å²) < 4.78 is 60.1. The minimum absolute atomic E-state index is 0.131. The summed E-state index contributed by atoms with van der Waals surface area (Å²) >= 11 is 0. The van der Waals surface area contributed by atoms with E-state index in [9.17, 15) is 0 Å². The van der Waals surface area contributed by atoms with E-state index in [1.807, 2.05) is 0 Å². The van der Waals surface area contributed by atoms with Gasteiger partial charge in [-0.1, -0.05) is 6.92 Å². The first kappa shape index (κ1) is 44.8. The minimum atomic E-state index is -3.41. The van der Waals surface area contributed by atoms with Crippen LogP contribution in [-0.2, 0) is 38.9 Å². The average Bonchev–Trinajstić information content (AvgIpc) is 2.74. The van der Waals surface area contributed by atoms with Gasteiger partial charge in [0.25, 0.3) is 0 Å². The number of hydrogen-bond acceptors (Lipinski definition) is 9. The normalized spacial score (nSPS) is 18.1. The summed E-state index contributed by atoms with van der Waals surface area (Å²) in [5, 5.41) is 0. The van der Waals surface area contributed by atoms with Crippen molar-refractivity contribution in [2.45, 2.75) is 128 Å². The van der Waals surface area contributed by atoms with E-state index in [-0.39, 0.29) is 17.2 Å². The molecular formula is C24H69O9Si10. The maximum Gasteiger partial charge on any atom is 0.469 e. The van der Waals surface area contributed by atoms with Crippen LogP contribution in [0.15, 0.2) is 0 Å². The van der Waals surface area contributed by atoms with Gasteiger partial charge >= 0.3 is 8.80 Å². The van der Waals surface area contributed by atoms with Gasteiger partial charge in [0.1, 0.15) is 31.5 Å². The van der Waals surface area contributed by atoms with Crippen LogP contribution in [0.25, 0.3) is 0 Å². The predicted molar refractivity (Wildman–Crippen MR) is 209 cm³/mol. The SMILES string of the molecule is [CH2]CC[Si](O[Si](C)(C)C(CO[SiH3])O[Si](C)(C)C)(O[Si](C)(C)C(CO[SiH3])O[Si](C)(C)C)O[Si](C)(C)C(CO[SiH3])O[Si](C)(C)C. The van der Waals surface area contributed by atoms with Crippen LogP contribution >= 0.6 is 0 Å². The second kappa shape index (κ2) is 18.0. The van der Waals surface area contributed by atoms with Gasteiger partial charge in [0.15, 0.2) is 25.0 Å². The molecule has 1 radical (unpaired) electrons. The van der Waals surface area contributed by atoms with Crippen molar-refractivity contribution >= 4 is 90.2 Å². The molecule has 0 saturated heterocycles. The van der Waals surface area contributed by atoms with Gasteiger partial charge in [0.05, 0.1) is 37.0 Å². The van der Waals surface area contributed by atoms with Gasteiger partial charge in [-0.05, 0) is 105 Å². The van der Waals surface area contributed by atoms with Crippen LogP contribution in [0, 0.1) is 6.92 Å². The van der Waals surface area contributed by atoms with E-state index in [0.29, 0.717) is 63.7 Å². The Labute approximate surface area is 282 Å².